The average molecular weight is 466 g/mol. The maximum Gasteiger partial charge on any atom is 0.258 e. The van der Waals surface area contributed by atoms with E-state index in [9.17, 15) is 4.79 Å². The van der Waals surface area contributed by atoms with Crippen LogP contribution in [0.25, 0.3) is 0 Å². The lowest BCUT2D eigenvalue weighted by Crippen LogP contribution is -2.76. The number of allylic oxidation sites excluding steroid dienone is 5. The van der Waals surface area contributed by atoms with Crippen molar-refractivity contribution in [3.63, 3.8) is 0 Å². The van der Waals surface area contributed by atoms with E-state index in [4.69, 9.17) is 4.74 Å². The van der Waals surface area contributed by atoms with Crippen LogP contribution in [0.2, 0.25) is 0 Å². The van der Waals surface area contributed by atoms with E-state index in [1.807, 2.05) is 0 Å². The van der Waals surface area contributed by atoms with Crippen LogP contribution in [0.3, 0.4) is 0 Å². The van der Waals surface area contributed by atoms with Crippen molar-refractivity contribution < 1.29 is 9.53 Å². The fourth-order valence-corrected chi connectivity index (χ4v) is 7.93. The zero-order valence-electron chi connectivity index (χ0n) is 21.4. The lowest BCUT2D eigenvalue weighted by atomic mass is 9.35. The van der Waals surface area contributed by atoms with Crippen molar-refractivity contribution >= 4 is 5.91 Å². The minimum Gasteiger partial charge on any atom is -0.484 e. The largest absolute Gasteiger partial charge is 0.484 e. The number of carbonyl (C=O) groups excluding carboxylic acids is 1. The predicted molar refractivity (Wildman–Crippen MR) is 141 cm³/mol. The lowest BCUT2D eigenvalue weighted by Gasteiger charge is -2.73. The van der Waals surface area contributed by atoms with Gasteiger partial charge in [0.1, 0.15) is 5.76 Å². The number of amides is 1. The molecular formula is C31H47NO2. The molecule has 1 amide bonds. The lowest BCUT2D eigenvalue weighted by molar-refractivity contribution is -0.198. The third-order valence-electron chi connectivity index (χ3n) is 9.46. The molecule has 0 radical (unpaired) electrons. The molecule has 5 fully saturated rings. The van der Waals surface area contributed by atoms with Gasteiger partial charge in [0.15, 0.2) is 6.61 Å². The molecular weight excluding hydrogens is 418 g/mol. The molecule has 0 aromatic rings. The van der Waals surface area contributed by atoms with Crippen LogP contribution >= 0.6 is 0 Å². The SMILES string of the molecule is C=C/C=C\C(=C/C=C)OCC(=O)NC12CC(C3CCCC(C4CCCCCCC4)CCC3)(C1)C2. The van der Waals surface area contributed by atoms with Gasteiger partial charge in [-0.15, -0.1) is 0 Å². The molecule has 0 atom stereocenters. The molecule has 0 aromatic heterocycles. The summed E-state index contributed by atoms with van der Waals surface area (Å²) in [6, 6.07) is 0. The average Bonchev–Trinajstić information content (AvgIpc) is 2.72. The van der Waals surface area contributed by atoms with E-state index in [0.717, 1.165) is 17.8 Å². The van der Waals surface area contributed by atoms with Gasteiger partial charge in [0.05, 0.1) is 0 Å². The molecule has 34 heavy (non-hydrogen) atoms. The van der Waals surface area contributed by atoms with Gasteiger partial charge in [-0.3, -0.25) is 4.79 Å². The van der Waals surface area contributed by atoms with Crippen LogP contribution in [0.1, 0.15) is 103 Å². The minimum absolute atomic E-state index is 0.00465. The Hall–Kier alpha value is -1.77. The summed E-state index contributed by atoms with van der Waals surface area (Å²) < 4.78 is 5.67. The quantitative estimate of drug-likeness (QED) is 0.279. The molecule has 2 bridgehead atoms. The fourth-order valence-electron chi connectivity index (χ4n) is 7.93. The second-order valence-corrected chi connectivity index (χ2v) is 11.8. The highest BCUT2D eigenvalue weighted by atomic mass is 16.5. The molecule has 1 N–H and O–H groups in total. The Labute approximate surface area is 208 Å². The van der Waals surface area contributed by atoms with Crippen LogP contribution in [-0.4, -0.2) is 18.1 Å². The highest BCUT2D eigenvalue weighted by Gasteiger charge is 2.70. The van der Waals surface area contributed by atoms with Crippen LogP contribution < -0.4 is 5.32 Å². The summed E-state index contributed by atoms with van der Waals surface area (Å²) >= 11 is 0. The summed E-state index contributed by atoms with van der Waals surface area (Å²) in [5.74, 6) is 3.52. The van der Waals surface area contributed by atoms with Crippen molar-refractivity contribution in [3.8, 4) is 0 Å². The number of rotatable bonds is 9. The monoisotopic (exact) mass is 465 g/mol. The Balaban J connectivity index is 1.18. The Morgan fingerprint density at radius 3 is 2.00 bits per heavy atom. The van der Waals surface area contributed by atoms with Crippen LogP contribution in [0.5, 0.6) is 0 Å². The first kappa shape index (κ1) is 25.3. The van der Waals surface area contributed by atoms with E-state index < -0.39 is 0 Å². The molecule has 5 rings (SSSR count). The van der Waals surface area contributed by atoms with Crippen molar-refractivity contribution in [3.05, 3.63) is 49.3 Å². The summed E-state index contributed by atoms with van der Waals surface area (Å²) in [4.78, 5) is 12.5. The molecule has 5 aliphatic rings. The molecule has 0 heterocycles. The van der Waals surface area contributed by atoms with Gasteiger partial charge in [0.2, 0.25) is 0 Å². The molecule has 0 spiro atoms. The second-order valence-electron chi connectivity index (χ2n) is 11.8. The first-order valence-electron chi connectivity index (χ1n) is 14.1. The Morgan fingerprint density at radius 2 is 1.41 bits per heavy atom. The molecule has 5 saturated carbocycles. The second kappa shape index (κ2) is 11.8. The van der Waals surface area contributed by atoms with E-state index in [2.05, 4.69) is 18.5 Å². The number of hydrogen-bond acceptors (Lipinski definition) is 2. The van der Waals surface area contributed by atoms with E-state index in [1.165, 1.54) is 103 Å². The summed E-state index contributed by atoms with van der Waals surface area (Å²) in [7, 11) is 0. The van der Waals surface area contributed by atoms with Crippen LogP contribution in [0.4, 0.5) is 0 Å². The first-order chi connectivity index (χ1) is 16.6. The Bertz CT molecular complexity index is 741. The number of carbonyl (C=O) groups is 1. The predicted octanol–water partition coefficient (Wildman–Crippen LogP) is 7.80. The van der Waals surface area contributed by atoms with Crippen molar-refractivity contribution in [1.82, 2.24) is 5.32 Å². The van der Waals surface area contributed by atoms with Crippen LogP contribution in [-0.2, 0) is 9.53 Å². The molecule has 5 aliphatic carbocycles. The smallest absolute Gasteiger partial charge is 0.258 e. The Morgan fingerprint density at radius 1 is 0.824 bits per heavy atom. The van der Waals surface area contributed by atoms with E-state index >= 15 is 0 Å². The van der Waals surface area contributed by atoms with E-state index in [1.54, 1.807) is 30.4 Å². The number of ether oxygens (including phenoxy) is 1. The van der Waals surface area contributed by atoms with Crippen molar-refractivity contribution in [1.29, 1.82) is 0 Å². The summed E-state index contributed by atoms with van der Waals surface area (Å²) in [6.07, 6.45) is 31.3. The topological polar surface area (TPSA) is 38.3 Å². The third-order valence-corrected chi connectivity index (χ3v) is 9.46. The molecule has 0 aliphatic heterocycles. The minimum atomic E-state index is -0.00465. The van der Waals surface area contributed by atoms with Gasteiger partial charge in [-0.2, -0.15) is 0 Å². The molecule has 0 saturated heterocycles. The number of hydrogen-bond donors (Lipinski definition) is 1. The van der Waals surface area contributed by atoms with Gasteiger partial charge >= 0.3 is 0 Å². The zero-order valence-corrected chi connectivity index (χ0v) is 21.4. The maximum atomic E-state index is 12.5. The van der Waals surface area contributed by atoms with Crippen molar-refractivity contribution in [2.75, 3.05) is 6.61 Å². The first-order valence-corrected chi connectivity index (χ1v) is 14.1. The van der Waals surface area contributed by atoms with Gasteiger partial charge in [-0.05, 0) is 67.4 Å². The van der Waals surface area contributed by atoms with Crippen molar-refractivity contribution in [2.24, 2.45) is 23.2 Å². The fraction of sp³-hybridized carbons (Fsp3) is 0.710. The maximum absolute atomic E-state index is 12.5. The van der Waals surface area contributed by atoms with Gasteiger partial charge in [0, 0.05) is 5.54 Å². The summed E-state index contributed by atoms with van der Waals surface area (Å²) in [6.45, 7) is 7.44. The Kier molecular flexibility index (Phi) is 8.77. The zero-order chi connectivity index (χ0) is 23.9. The summed E-state index contributed by atoms with van der Waals surface area (Å²) in [5, 5.41) is 3.30. The van der Waals surface area contributed by atoms with Gasteiger partial charge in [0.25, 0.3) is 5.91 Å². The summed E-state index contributed by atoms with van der Waals surface area (Å²) in [5.41, 5.74) is 0.589. The molecule has 3 heteroatoms. The highest BCUT2D eigenvalue weighted by molar-refractivity contribution is 5.79. The van der Waals surface area contributed by atoms with Gasteiger partial charge < -0.3 is 10.1 Å². The van der Waals surface area contributed by atoms with Crippen molar-refractivity contribution in [2.45, 2.75) is 108 Å². The molecule has 3 nitrogen and oxygen atoms in total. The normalized spacial score (nSPS) is 35.0. The van der Waals surface area contributed by atoms with Gasteiger partial charge in [-0.25, -0.2) is 0 Å². The van der Waals surface area contributed by atoms with Crippen LogP contribution in [0.15, 0.2) is 49.3 Å². The molecule has 188 valence electrons. The van der Waals surface area contributed by atoms with E-state index in [-0.39, 0.29) is 18.1 Å². The molecule has 0 aromatic carbocycles. The standard InChI is InChI=1S/C31H47NO2/c1-3-5-20-28(13-4-2)34-21-29(33)32-31-22-30(23-31,24-31)27-18-11-16-26(17-12-19-27)25-14-9-7-6-8-10-15-25/h3-5,13,20,25-27H,1-2,6-12,14-19,21-24H2,(H,32,33)/b20-5-,28-13+. The van der Waals surface area contributed by atoms with E-state index in [0.29, 0.717) is 11.2 Å². The number of nitrogens with one attached hydrogen (secondary N) is 1. The molecule has 0 unspecified atom stereocenters. The van der Waals surface area contributed by atoms with Crippen LogP contribution in [0, 0.1) is 23.2 Å². The highest BCUT2D eigenvalue weighted by Crippen LogP contribution is 2.72. The third kappa shape index (κ3) is 6.07. The van der Waals surface area contributed by atoms with Gasteiger partial charge in [-0.1, -0.05) is 102 Å².